The predicted octanol–water partition coefficient (Wildman–Crippen LogP) is 3.19. The number of anilines is 1. The maximum absolute atomic E-state index is 13.6. The molecule has 1 aliphatic rings. The number of aromatic amines is 1. The van der Waals surface area contributed by atoms with E-state index in [1.807, 2.05) is 17.0 Å². The first-order valence-electron chi connectivity index (χ1n) is 9.52. The third kappa shape index (κ3) is 4.07. The summed E-state index contributed by atoms with van der Waals surface area (Å²) in [7, 11) is 0. The van der Waals surface area contributed by atoms with Gasteiger partial charge in [0.15, 0.2) is 11.6 Å². The van der Waals surface area contributed by atoms with Crippen LogP contribution in [0.15, 0.2) is 55.0 Å². The SMILES string of the molecule is N#Cc1ccc(CC(c2cnc[nH]2)N2CCN(c3ccc(F)c(F)c3)C(=O)C2)cc1. The first kappa shape index (κ1) is 19.7. The van der Waals surface area contributed by atoms with Gasteiger partial charge >= 0.3 is 0 Å². The molecular weight excluding hydrogens is 388 g/mol. The number of aromatic nitrogens is 2. The molecule has 2 heterocycles. The minimum absolute atomic E-state index is 0.114. The van der Waals surface area contributed by atoms with Crippen molar-refractivity contribution in [2.45, 2.75) is 12.5 Å². The van der Waals surface area contributed by atoms with Crippen LogP contribution in [0.2, 0.25) is 0 Å². The minimum atomic E-state index is -0.973. The zero-order chi connectivity index (χ0) is 21.1. The molecule has 0 saturated carbocycles. The van der Waals surface area contributed by atoms with Gasteiger partial charge in [-0.1, -0.05) is 12.1 Å². The van der Waals surface area contributed by atoms with Crippen LogP contribution in [0.25, 0.3) is 0 Å². The van der Waals surface area contributed by atoms with E-state index in [1.54, 1.807) is 24.7 Å². The second kappa shape index (κ2) is 8.43. The van der Waals surface area contributed by atoms with Crippen molar-refractivity contribution in [1.29, 1.82) is 5.26 Å². The van der Waals surface area contributed by atoms with Gasteiger partial charge in [0.05, 0.1) is 36.2 Å². The van der Waals surface area contributed by atoms with Crippen LogP contribution < -0.4 is 4.90 Å². The molecule has 1 aromatic heterocycles. The van der Waals surface area contributed by atoms with Gasteiger partial charge in [-0.3, -0.25) is 9.69 Å². The molecule has 2 aromatic carbocycles. The summed E-state index contributed by atoms with van der Waals surface area (Å²) in [5.41, 5.74) is 2.86. The van der Waals surface area contributed by atoms with E-state index in [2.05, 4.69) is 16.0 Å². The molecule has 30 heavy (non-hydrogen) atoms. The number of carbonyl (C=O) groups is 1. The highest BCUT2D eigenvalue weighted by molar-refractivity contribution is 5.95. The zero-order valence-electron chi connectivity index (χ0n) is 16.1. The van der Waals surface area contributed by atoms with Crippen molar-refractivity contribution in [3.05, 3.63) is 83.4 Å². The summed E-state index contributed by atoms with van der Waals surface area (Å²) in [6.45, 7) is 1.06. The average molecular weight is 407 g/mol. The highest BCUT2D eigenvalue weighted by atomic mass is 19.2. The zero-order valence-corrected chi connectivity index (χ0v) is 16.1. The fraction of sp³-hybridized carbons (Fsp3) is 0.227. The smallest absolute Gasteiger partial charge is 0.241 e. The number of nitrogens with zero attached hydrogens (tertiary/aromatic N) is 4. The molecule has 4 rings (SSSR count). The molecule has 1 N–H and O–H groups in total. The molecule has 1 unspecified atom stereocenters. The number of H-pyrrole nitrogens is 1. The Bertz CT molecular complexity index is 1080. The Morgan fingerprint density at radius 3 is 2.57 bits per heavy atom. The normalized spacial score (nSPS) is 15.8. The Labute approximate surface area is 172 Å². The number of nitrogens with one attached hydrogen (secondary N) is 1. The topological polar surface area (TPSA) is 76.0 Å². The van der Waals surface area contributed by atoms with Gasteiger partial charge < -0.3 is 9.88 Å². The van der Waals surface area contributed by atoms with E-state index in [1.165, 1.54) is 11.0 Å². The van der Waals surface area contributed by atoms with E-state index in [-0.39, 0.29) is 18.5 Å². The van der Waals surface area contributed by atoms with Crippen LogP contribution in [0.1, 0.15) is 22.9 Å². The van der Waals surface area contributed by atoms with E-state index in [4.69, 9.17) is 5.26 Å². The molecular formula is C22H19F2N5O. The molecule has 8 heteroatoms. The van der Waals surface area contributed by atoms with Crippen molar-refractivity contribution in [2.75, 3.05) is 24.5 Å². The van der Waals surface area contributed by atoms with Crippen LogP contribution in [-0.4, -0.2) is 40.4 Å². The quantitative estimate of drug-likeness (QED) is 0.705. The summed E-state index contributed by atoms with van der Waals surface area (Å²) in [5, 5.41) is 8.99. The monoisotopic (exact) mass is 407 g/mol. The van der Waals surface area contributed by atoms with E-state index in [9.17, 15) is 13.6 Å². The summed E-state index contributed by atoms with van der Waals surface area (Å²) >= 11 is 0. The van der Waals surface area contributed by atoms with Crippen molar-refractivity contribution in [3.8, 4) is 6.07 Å². The van der Waals surface area contributed by atoms with Crippen molar-refractivity contribution in [1.82, 2.24) is 14.9 Å². The lowest BCUT2D eigenvalue weighted by atomic mass is 10.00. The van der Waals surface area contributed by atoms with Gasteiger partial charge in [0.2, 0.25) is 5.91 Å². The third-order valence-electron chi connectivity index (χ3n) is 5.30. The number of halogens is 2. The van der Waals surface area contributed by atoms with Crippen LogP contribution in [0, 0.1) is 23.0 Å². The number of piperazine rings is 1. The second-order valence-corrected chi connectivity index (χ2v) is 7.15. The Morgan fingerprint density at radius 2 is 1.93 bits per heavy atom. The van der Waals surface area contributed by atoms with Gasteiger partial charge in [0, 0.05) is 31.0 Å². The third-order valence-corrected chi connectivity index (χ3v) is 5.30. The fourth-order valence-electron chi connectivity index (χ4n) is 3.71. The minimum Gasteiger partial charge on any atom is -0.347 e. The lowest BCUT2D eigenvalue weighted by Gasteiger charge is -2.38. The molecule has 0 radical (unpaired) electrons. The molecule has 1 saturated heterocycles. The maximum atomic E-state index is 13.6. The van der Waals surface area contributed by atoms with Gasteiger partial charge in [-0.15, -0.1) is 0 Å². The number of hydrogen-bond acceptors (Lipinski definition) is 4. The molecule has 1 amide bonds. The van der Waals surface area contributed by atoms with E-state index in [0.29, 0.717) is 30.8 Å². The van der Waals surface area contributed by atoms with Crippen LogP contribution in [-0.2, 0) is 11.2 Å². The molecule has 0 aliphatic carbocycles. The Balaban J connectivity index is 1.53. The van der Waals surface area contributed by atoms with Gasteiger partial charge in [-0.2, -0.15) is 5.26 Å². The van der Waals surface area contributed by atoms with Gasteiger partial charge in [0.1, 0.15) is 0 Å². The predicted molar refractivity (Wildman–Crippen MR) is 106 cm³/mol. The molecule has 6 nitrogen and oxygen atoms in total. The highest BCUT2D eigenvalue weighted by Gasteiger charge is 2.31. The van der Waals surface area contributed by atoms with Crippen LogP contribution in [0.5, 0.6) is 0 Å². The van der Waals surface area contributed by atoms with Gasteiger partial charge in [0.25, 0.3) is 0 Å². The van der Waals surface area contributed by atoms with E-state index < -0.39 is 11.6 Å². The number of amides is 1. The largest absolute Gasteiger partial charge is 0.347 e. The molecule has 1 atom stereocenters. The number of rotatable bonds is 5. The fourth-order valence-corrected chi connectivity index (χ4v) is 3.71. The standard InChI is InChI=1S/C22H19F2N5O/c23-18-6-5-17(10-19(18)24)29-8-7-28(13-22(29)30)21(20-12-26-14-27-20)9-15-1-3-16(11-25)4-2-15/h1-6,10,12,14,21H,7-9,13H2,(H,26,27). The van der Waals surface area contributed by atoms with Gasteiger partial charge in [-0.05, 0) is 36.2 Å². The number of hydrogen-bond donors (Lipinski definition) is 1. The molecule has 152 valence electrons. The Morgan fingerprint density at radius 1 is 1.13 bits per heavy atom. The number of nitriles is 1. The molecule has 1 fully saturated rings. The van der Waals surface area contributed by atoms with Gasteiger partial charge in [-0.25, -0.2) is 13.8 Å². The Kier molecular flexibility index (Phi) is 5.55. The first-order valence-corrected chi connectivity index (χ1v) is 9.52. The van der Waals surface area contributed by atoms with E-state index >= 15 is 0 Å². The summed E-state index contributed by atoms with van der Waals surface area (Å²) in [6.07, 6.45) is 3.97. The average Bonchev–Trinajstić information content (AvgIpc) is 3.29. The van der Waals surface area contributed by atoms with Crippen LogP contribution >= 0.6 is 0 Å². The molecule has 1 aliphatic heterocycles. The molecule has 0 spiro atoms. The summed E-state index contributed by atoms with van der Waals surface area (Å²) in [4.78, 5) is 23.6. The summed E-state index contributed by atoms with van der Waals surface area (Å²) in [5.74, 6) is -2.10. The van der Waals surface area contributed by atoms with Crippen molar-refractivity contribution in [2.24, 2.45) is 0 Å². The first-order chi connectivity index (χ1) is 14.5. The number of imidazole rings is 1. The van der Waals surface area contributed by atoms with E-state index in [0.717, 1.165) is 23.4 Å². The number of carbonyl (C=O) groups excluding carboxylic acids is 1. The molecule has 3 aromatic rings. The lowest BCUT2D eigenvalue weighted by Crippen LogP contribution is -2.52. The highest BCUT2D eigenvalue weighted by Crippen LogP contribution is 2.27. The Hall–Kier alpha value is -3.57. The summed E-state index contributed by atoms with van der Waals surface area (Å²) in [6, 6.07) is 12.8. The van der Waals surface area contributed by atoms with Crippen LogP contribution in [0.4, 0.5) is 14.5 Å². The van der Waals surface area contributed by atoms with Crippen molar-refractivity contribution >= 4 is 11.6 Å². The number of benzene rings is 2. The molecule has 0 bridgehead atoms. The second-order valence-electron chi connectivity index (χ2n) is 7.15. The van der Waals surface area contributed by atoms with Crippen molar-refractivity contribution in [3.63, 3.8) is 0 Å². The summed E-state index contributed by atoms with van der Waals surface area (Å²) < 4.78 is 26.8. The maximum Gasteiger partial charge on any atom is 0.241 e. The van der Waals surface area contributed by atoms with Crippen molar-refractivity contribution < 1.29 is 13.6 Å². The van der Waals surface area contributed by atoms with Crippen LogP contribution in [0.3, 0.4) is 0 Å². The lowest BCUT2D eigenvalue weighted by molar-refractivity contribution is -0.122.